The maximum absolute atomic E-state index is 3.48. The van der Waals surface area contributed by atoms with Gasteiger partial charge < -0.3 is 4.98 Å². The van der Waals surface area contributed by atoms with Crippen molar-refractivity contribution in [2.24, 2.45) is 0 Å². The third-order valence-corrected chi connectivity index (χ3v) is 5.91. The molecule has 1 unspecified atom stereocenters. The molecule has 1 atom stereocenters. The molecule has 0 aromatic carbocycles. The fourth-order valence-corrected chi connectivity index (χ4v) is 3.90. The van der Waals surface area contributed by atoms with Gasteiger partial charge in [-0.2, -0.15) is 0 Å². The molecular formula is C8H21NSi. The average Bonchev–Trinajstić information content (AvgIpc) is 1.80. The van der Waals surface area contributed by atoms with E-state index in [1.54, 1.807) is 0 Å². The van der Waals surface area contributed by atoms with Gasteiger partial charge in [-0.15, -0.1) is 0 Å². The molecule has 10 heavy (non-hydrogen) atoms. The van der Waals surface area contributed by atoms with E-state index in [2.05, 4.69) is 39.7 Å². The van der Waals surface area contributed by atoms with Crippen molar-refractivity contribution in [1.29, 1.82) is 0 Å². The molecule has 0 aliphatic carbocycles. The lowest BCUT2D eigenvalue weighted by Gasteiger charge is -2.28. The molecule has 0 aliphatic heterocycles. The summed E-state index contributed by atoms with van der Waals surface area (Å²) in [5.41, 5.74) is 0. The van der Waals surface area contributed by atoms with Gasteiger partial charge in [-0.05, 0) is 18.1 Å². The molecule has 0 rings (SSSR count). The van der Waals surface area contributed by atoms with Crippen LogP contribution < -0.4 is 4.98 Å². The second-order valence-corrected chi connectivity index (χ2v) is 7.99. The van der Waals surface area contributed by atoms with Crippen LogP contribution in [0, 0.1) is 0 Å². The maximum atomic E-state index is 3.48. The van der Waals surface area contributed by atoms with Gasteiger partial charge >= 0.3 is 0 Å². The Hall–Kier alpha value is 0.177. The molecule has 0 aromatic rings. The van der Waals surface area contributed by atoms with Crippen molar-refractivity contribution in [3.8, 4) is 0 Å². The number of nitrogens with one attached hydrogen (secondary N) is 1. The molecular weight excluding hydrogens is 138 g/mol. The predicted molar refractivity (Wildman–Crippen MR) is 51.0 cm³/mol. The van der Waals surface area contributed by atoms with Crippen molar-refractivity contribution in [1.82, 2.24) is 4.98 Å². The van der Waals surface area contributed by atoms with Crippen LogP contribution in [0.5, 0.6) is 0 Å². The van der Waals surface area contributed by atoms with Gasteiger partial charge in [0.2, 0.25) is 0 Å². The Morgan fingerprint density at radius 1 is 1.30 bits per heavy atom. The Bertz CT molecular complexity index is 85.7. The zero-order valence-corrected chi connectivity index (χ0v) is 9.15. The lowest BCUT2D eigenvalue weighted by molar-refractivity contribution is 0.709. The maximum Gasteiger partial charge on any atom is 0.114 e. The minimum atomic E-state index is -0.651. The Morgan fingerprint density at radius 2 is 1.80 bits per heavy atom. The van der Waals surface area contributed by atoms with Crippen molar-refractivity contribution in [2.75, 3.05) is 7.05 Å². The SMILES string of the molecule is CCC[SiH](NC)C(C)(C)C. The van der Waals surface area contributed by atoms with Gasteiger partial charge in [-0.25, -0.2) is 0 Å². The van der Waals surface area contributed by atoms with E-state index < -0.39 is 8.96 Å². The number of hydrogen-bond acceptors (Lipinski definition) is 1. The van der Waals surface area contributed by atoms with Gasteiger partial charge in [0.1, 0.15) is 8.96 Å². The van der Waals surface area contributed by atoms with Gasteiger partial charge in [0.05, 0.1) is 0 Å². The smallest absolute Gasteiger partial charge is 0.114 e. The summed E-state index contributed by atoms with van der Waals surface area (Å²) in [7, 11) is 1.46. The Kier molecular flexibility index (Phi) is 4.21. The second kappa shape index (κ2) is 4.14. The zero-order valence-electron chi connectivity index (χ0n) is 7.99. The summed E-state index contributed by atoms with van der Waals surface area (Å²) in [6.07, 6.45) is 1.33. The highest BCUT2D eigenvalue weighted by Gasteiger charge is 2.23. The van der Waals surface area contributed by atoms with Crippen LogP contribution in [-0.2, 0) is 0 Å². The van der Waals surface area contributed by atoms with E-state index in [-0.39, 0.29) is 0 Å². The minimum Gasteiger partial charge on any atom is -0.342 e. The minimum absolute atomic E-state index is 0.546. The van der Waals surface area contributed by atoms with Gasteiger partial charge in [0.25, 0.3) is 0 Å². The lowest BCUT2D eigenvalue weighted by Crippen LogP contribution is -2.38. The first-order chi connectivity index (χ1) is 4.52. The third-order valence-electron chi connectivity index (χ3n) is 1.97. The van der Waals surface area contributed by atoms with E-state index in [1.165, 1.54) is 12.5 Å². The first-order valence-corrected chi connectivity index (χ1v) is 6.16. The van der Waals surface area contributed by atoms with Crippen LogP contribution in [0.3, 0.4) is 0 Å². The van der Waals surface area contributed by atoms with Crippen LogP contribution in [-0.4, -0.2) is 16.0 Å². The fourth-order valence-electron chi connectivity index (χ4n) is 1.30. The highest BCUT2D eigenvalue weighted by atomic mass is 28.3. The molecule has 0 amide bonds. The van der Waals surface area contributed by atoms with Crippen LogP contribution in [0.15, 0.2) is 0 Å². The summed E-state index contributed by atoms with van der Waals surface area (Å²) < 4.78 is 0. The van der Waals surface area contributed by atoms with Crippen molar-refractivity contribution >= 4 is 8.96 Å². The van der Waals surface area contributed by atoms with Crippen LogP contribution in [0.4, 0.5) is 0 Å². The molecule has 0 aliphatic rings. The Morgan fingerprint density at radius 3 is 1.90 bits per heavy atom. The van der Waals surface area contributed by atoms with E-state index in [9.17, 15) is 0 Å². The van der Waals surface area contributed by atoms with E-state index >= 15 is 0 Å². The lowest BCUT2D eigenvalue weighted by atomic mass is 10.2. The predicted octanol–water partition coefficient (Wildman–Crippen LogP) is 2.14. The topological polar surface area (TPSA) is 12.0 Å². The van der Waals surface area contributed by atoms with Gasteiger partial charge in [-0.3, -0.25) is 0 Å². The van der Waals surface area contributed by atoms with Crippen LogP contribution >= 0.6 is 0 Å². The fraction of sp³-hybridized carbons (Fsp3) is 1.00. The van der Waals surface area contributed by atoms with E-state index in [4.69, 9.17) is 0 Å². The standard InChI is InChI=1S/C8H21NSi/c1-6-7-10(9-5)8(2,3)4/h9-10H,6-7H2,1-5H3. The van der Waals surface area contributed by atoms with Gasteiger partial charge in [0, 0.05) is 0 Å². The summed E-state index contributed by atoms with van der Waals surface area (Å²) in [6, 6.07) is 1.42. The summed E-state index contributed by atoms with van der Waals surface area (Å²) in [6.45, 7) is 9.30. The molecule has 0 saturated heterocycles. The van der Waals surface area contributed by atoms with Gasteiger partial charge in [-0.1, -0.05) is 34.1 Å². The monoisotopic (exact) mass is 159 g/mol. The molecule has 0 heterocycles. The van der Waals surface area contributed by atoms with Crippen molar-refractivity contribution in [3.63, 3.8) is 0 Å². The van der Waals surface area contributed by atoms with Crippen molar-refractivity contribution in [3.05, 3.63) is 0 Å². The molecule has 0 aromatic heterocycles. The molecule has 0 saturated carbocycles. The largest absolute Gasteiger partial charge is 0.342 e. The summed E-state index contributed by atoms with van der Waals surface area (Å²) in [5.74, 6) is 0. The van der Waals surface area contributed by atoms with Crippen LogP contribution in [0.1, 0.15) is 34.1 Å². The zero-order chi connectivity index (χ0) is 8.20. The molecule has 0 spiro atoms. The first-order valence-electron chi connectivity index (χ1n) is 4.19. The molecule has 1 N–H and O–H groups in total. The summed E-state index contributed by atoms with van der Waals surface area (Å²) in [5, 5.41) is 0.546. The first kappa shape index (κ1) is 10.2. The van der Waals surface area contributed by atoms with Crippen LogP contribution in [0.25, 0.3) is 0 Å². The summed E-state index contributed by atoms with van der Waals surface area (Å²) >= 11 is 0. The number of rotatable bonds is 3. The van der Waals surface area contributed by atoms with E-state index in [0.29, 0.717) is 5.04 Å². The molecule has 1 nitrogen and oxygen atoms in total. The normalized spacial score (nSPS) is 15.3. The Balaban J connectivity index is 3.81. The summed E-state index contributed by atoms with van der Waals surface area (Å²) in [4.78, 5) is 3.48. The molecule has 0 fully saturated rings. The van der Waals surface area contributed by atoms with Crippen molar-refractivity contribution in [2.45, 2.75) is 45.2 Å². The van der Waals surface area contributed by atoms with E-state index in [0.717, 1.165) is 0 Å². The third kappa shape index (κ3) is 3.37. The Labute approximate surface area is 66.9 Å². The average molecular weight is 159 g/mol. The molecule has 62 valence electrons. The van der Waals surface area contributed by atoms with Crippen LogP contribution in [0.2, 0.25) is 11.1 Å². The quantitative estimate of drug-likeness (QED) is 0.622. The second-order valence-electron chi connectivity index (χ2n) is 4.00. The van der Waals surface area contributed by atoms with Crippen molar-refractivity contribution < 1.29 is 0 Å². The highest BCUT2D eigenvalue weighted by molar-refractivity contribution is 6.59. The highest BCUT2D eigenvalue weighted by Crippen LogP contribution is 2.27. The van der Waals surface area contributed by atoms with E-state index in [1.807, 2.05) is 0 Å². The number of hydrogen-bond donors (Lipinski definition) is 1. The molecule has 2 heteroatoms. The molecule has 0 radical (unpaired) electrons. The molecule has 0 bridgehead atoms. The van der Waals surface area contributed by atoms with Gasteiger partial charge in [0.15, 0.2) is 0 Å².